The fourth-order valence-corrected chi connectivity index (χ4v) is 2.25. The van der Waals surface area contributed by atoms with Crippen LogP contribution in [0.25, 0.3) is 0 Å². The van der Waals surface area contributed by atoms with Crippen LogP contribution in [0.2, 0.25) is 0 Å². The maximum absolute atomic E-state index is 10.7. The molecule has 0 unspecified atom stereocenters. The minimum absolute atomic E-state index is 0.00535. The highest BCUT2D eigenvalue weighted by Crippen LogP contribution is 2.04. The molecule has 0 aromatic carbocycles. The quantitative estimate of drug-likeness (QED) is 0.506. The summed E-state index contributed by atoms with van der Waals surface area (Å²) in [5.74, 6) is -1.70. The van der Waals surface area contributed by atoms with E-state index in [9.17, 15) is 9.59 Å². The van der Waals surface area contributed by atoms with E-state index in [1.807, 2.05) is 9.80 Å². The third kappa shape index (κ3) is 6.47. The fourth-order valence-electron chi connectivity index (χ4n) is 1.82. The molecule has 0 aliphatic carbocycles. The number of hydrogen-bond donors (Lipinski definition) is 2. The number of halogens is 1. The van der Waals surface area contributed by atoms with Crippen LogP contribution in [0.4, 0.5) is 0 Å². The van der Waals surface area contributed by atoms with Crippen LogP contribution in [0.1, 0.15) is 0 Å². The summed E-state index contributed by atoms with van der Waals surface area (Å²) in [6, 6.07) is 0. The third-order valence-electron chi connectivity index (χ3n) is 2.77. The molecular weight excluding hydrogens is 353 g/mol. The van der Waals surface area contributed by atoms with Crippen molar-refractivity contribution in [3.05, 3.63) is 0 Å². The van der Waals surface area contributed by atoms with Gasteiger partial charge in [0.1, 0.15) is 0 Å². The number of carboxylic acid groups (broad SMARTS) is 2. The Bertz CT molecular complexity index is 275. The van der Waals surface area contributed by atoms with Gasteiger partial charge in [-0.3, -0.25) is 19.4 Å². The molecule has 0 bridgehead atoms. The monoisotopic (exact) mass is 371 g/mol. The topological polar surface area (TPSA) is 84.3 Å². The molecule has 0 spiro atoms. The van der Waals surface area contributed by atoms with E-state index in [0.29, 0.717) is 26.2 Å². The van der Waals surface area contributed by atoms with Gasteiger partial charge in [0.25, 0.3) is 0 Å². The zero-order valence-electron chi connectivity index (χ0n) is 10.1. The molecule has 8 heteroatoms. The Morgan fingerprint density at radius 1 is 0.833 bits per heavy atom. The van der Waals surface area contributed by atoms with Crippen molar-refractivity contribution in [2.24, 2.45) is 0 Å². The zero-order chi connectivity index (χ0) is 13.5. The van der Waals surface area contributed by atoms with Crippen LogP contribution in [0.15, 0.2) is 0 Å². The molecule has 104 valence electrons. The highest BCUT2D eigenvalue weighted by atomic mass is 127. The Kier molecular flexibility index (Phi) is 6.82. The van der Waals surface area contributed by atoms with Gasteiger partial charge in [0.2, 0.25) is 0 Å². The molecule has 2 N–H and O–H groups in total. The van der Waals surface area contributed by atoms with Gasteiger partial charge < -0.3 is 10.2 Å². The van der Waals surface area contributed by atoms with Crippen molar-refractivity contribution in [1.29, 1.82) is 0 Å². The van der Waals surface area contributed by atoms with Gasteiger partial charge in [0, 0.05) is 62.1 Å². The smallest absolute Gasteiger partial charge is 0.317 e. The molecule has 0 amide bonds. The number of hydrogen-bond acceptors (Lipinski definition) is 5. The number of nitrogens with zero attached hydrogens (tertiary/aromatic N) is 3. The first-order valence-corrected chi connectivity index (χ1v) is 6.73. The van der Waals surface area contributed by atoms with Crippen molar-refractivity contribution in [1.82, 2.24) is 12.9 Å². The summed E-state index contributed by atoms with van der Waals surface area (Å²) >= 11 is 2.19. The summed E-state index contributed by atoms with van der Waals surface area (Å²) in [7, 11) is 0. The highest BCUT2D eigenvalue weighted by Gasteiger charge is 2.18. The number of rotatable bonds is 4. The third-order valence-corrected chi connectivity index (χ3v) is 3.73. The summed E-state index contributed by atoms with van der Waals surface area (Å²) in [5, 5.41) is 17.6. The van der Waals surface area contributed by atoms with Crippen LogP contribution in [0.3, 0.4) is 0 Å². The normalized spacial score (nSPS) is 20.9. The molecule has 0 atom stereocenters. The fraction of sp³-hybridized carbons (Fsp3) is 0.800. The summed E-state index contributed by atoms with van der Waals surface area (Å²) in [5.41, 5.74) is 0. The Morgan fingerprint density at radius 3 is 1.50 bits per heavy atom. The van der Waals surface area contributed by atoms with Crippen molar-refractivity contribution >= 4 is 34.8 Å². The summed E-state index contributed by atoms with van der Waals surface area (Å²) in [4.78, 5) is 25.1. The minimum Gasteiger partial charge on any atom is -0.480 e. The summed E-state index contributed by atoms with van der Waals surface area (Å²) in [6.45, 7) is 4.14. The molecule has 0 saturated carbocycles. The van der Waals surface area contributed by atoms with Crippen LogP contribution < -0.4 is 0 Å². The van der Waals surface area contributed by atoms with E-state index in [2.05, 4.69) is 26.0 Å². The van der Waals surface area contributed by atoms with Gasteiger partial charge in [-0.25, -0.2) is 3.11 Å². The van der Waals surface area contributed by atoms with Gasteiger partial charge in [-0.05, 0) is 0 Å². The number of carboxylic acids is 2. The van der Waals surface area contributed by atoms with Crippen molar-refractivity contribution in [2.75, 3.05) is 52.4 Å². The molecule has 1 fully saturated rings. The molecule has 0 aromatic rings. The van der Waals surface area contributed by atoms with Gasteiger partial charge in [-0.1, -0.05) is 0 Å². The predicted octanol–water partition coefficient (Wildman–Crippen LogP) is -0.575. The van der Waals surface area contributed by atoms with Crippen molar-refractivity contribution in [2.45, 2.75) is 0 Å². The van der Waals surface area contributed by atoms with Crippen LogP contribution in [-0.4, -0.2) is 87.4 Å². The first-order chi connectivity index (χ1) is 8.47. The Hall–Kier alpha value is -0.450. The average Bonchev–Trinajstić information content (AvgIpc) is 2.33. The largest absolute Gasteiger partial charge is 0.480 e. The first-order valence-electron chi connectivity index (χ1n) is 5.76. The second-order valence-corrected chi connectivity index (χ2v) is 5.61. The molecule has 1 saturated heterocycles. The zero-order valence-corrected chi connectivity index (χ0v) is 12.2. The van der Waals surface area contributed by atoms with Gasteiger partial charge in [0.05, 0.1) is 13.1 Å². The van der Waals surface area contributed by atoms with Crippen LogP contribution in [0, 0.1) is 0 Å². The van der Waals surface area contributed by atoms with Gasteiger partial charge in [0.15, 0.2) is 0 Å². The number of carbonyl (C=O) groups is 2. The molecule has 1 heterocycles. The van der Waals surface area contributed by atoms with Crippen LogP contribution >= 0.6 is 22.9 Å². The first kappa shape index (κ1) is 15.6. The lowest BCUT2D eigenvalue weighted by Gasteiger charge is -2.23. The Balaban J connectivity index is 2.55. The molecule has 0 aromatic heterocycles. The minimum atomic E-state index is -0.848. The van der Waals surface area contributed by atoms with Crippen LogP contribution in [0.5, 0.6) is 0 Å². The molecule has 7 nitrogen and oxygen atoms in total. The average molecular weight is 371 g/mol. The van der Waals surface area contributed by atoms with Gasteiger partial charge >= 0.3 is 11.9 Å². The van der Waals surface area contributed by atoms with E-state index in [-0.39, 0.29) is 13.1 Å². The van der Waals surface area contributed by atoms with Crippen LogP contribution in [-0.2, 0) is 9.59 Å². The summed E-state index contributed by atoms with van der Waals surface area (Å²) < 4.78 is 2.06. The molecule has 1 aliphatic heterocycles. The Morgan fingerprint density at radius 2 is 1.17 bits per heavy atom. The SMILES string of the molecule is O=C(O)CN1CCN(I)CCN(CC(=O)O)CC1. The van der Waals surface area contributed by atoms with Gasteiger partial charge in [-0.15, -0.1) is 0 Å². The van der Waals surface area contributed by atoms with Crippen molar-refractivity contribution < 1.29 is 19.8 Å². The lowest BCUT2D eigenvalue weighted by Crippen LogP contribution is -2.40. The van der Waals surface area contributed by atoms with Gasteiger partial charge in [-0.2, -0.15) is 0 Å². The van der Waals surface area contributed by atoms with Crippen molar-refractivity contribution in [3.63, 3.8) is 0 Å². The van der Waals surface area contributed by atoms with E-state index < -0.39 is 11.9 Å². The van der Waals surface area contributed by atoms with E-state index in [1.54, 1.807) is 0 Å². The molecule has 18 heavy (non-hydrogen) atoms. The predicted molar refractivity (Wildman–Crippen MR) is 73.7 cm³/mol. The molecular formula is C10H18IN3O4. The lowest BCUT2D eigenvalue weighted by atomic mass is 10.4. The van der Waals surface area contributed by atoms with E-state index >= 15 is 0 Å². The lowest BCUT2D eigenvalue weighted by molar-refractivity contribution is -0.140. The standard InChI is InChI=1S/C10H18IN3O4/c11-14-5-3-12(7-9(15)16)1-2-13(4-6-14)8-10(17)18/h1-8H2,(H,15,16)(H,17,18). The second-order valence-electron chi connectivity index (χ2n) is 4.25. The van der Waals surface area contributed by atoms with E-state index in [4.69, 9.17) is 10.2 Å². The molecule has 0 radical (unpaired) electrons. The highest BCUT2D eigenvalue weighted by molar-refractivity contribution is 14.1. The van der Waals surface area contributed by atoms with Crippen molar-refractivity contribution in [3.8, 4) is 0 Å². The summed E-state index contributed by atoms with van der Waals surface area (Å²) in [6.07, 6.45) is 0. The molecule has 1 rings (SSSR count). The maximum atomic E-state index is 10.7. The second kappa shape index (κ2) is 7.87. The Labute approximate surface area is 120 Å². The maximum Gasteiger partial charge on any atom is 0.317 e. The molecule has 1 aliphatic rings. The number of aliphatic carboxylic acids is 2. The van der Waals surface area contributed by atoms with E-state index in [1.165, 1.54) is 0 Å². The van der Waals surface area contributed by atoms with E-state index in [0.717, 1.165) is 13.1 Å².